The van der Waals surface area contributed by atoms with E-state index in [-0.39, 0.29) is 0 Å². The second kappa shape index (κ2) is 6.94. The van der Waals surface area contributed by atoms with Gasteiger partial charge in [0.15, 0.2) is 5.82 Å². The van der Waals surface area contributed by atoms with Gasteiger partial charge in [-0.2, -0.15) is 14.9 Å². The molecule has 0 saturated heterocycles. The summed E-state index contributed by atoms with van der Waals surface area (Å²) in [6.07, 6.45) is 7.78. The minimum atomic E-state index is 0.424. The number of nitrogens with one attached hydrogen (secondary N) is 1. The van der Waals surface area contributed by atoms with Crippen LogP contribution in [-0.4, -0.2) is 21.1 Å². The summed E-state index contributed by atoms with van der Waals surface area (Å²) >= 11 is 17.2. The van der Waals surface area contributed by atoms with Crippen molar-refractivity contribution in [3.8, 4) is 0 Å². The Labute approximate surface area is 144 Å². The van der Waals surface area contributed by atoms with E-state index >= 15 is 0 Å². The van der Waals surface area contributed by atoms with Crippen molar-refractivity contribution >= 4 is 41.6 Å². The third kappa shape index (κ3) is 3.42. The number of nitrogens with zero attached hydrogens (tertiary/aromatic N) is 3. The predicted molar refractivity (Wildman–Crippen MR) is 92.7 cm³/mol. The van der Waals surface area contributed by atoms with Crippen LogP contribution in [0.5, 0.6) is 0 Å². The number of H-pyrrole nitrogens is 1. The summed E-state index contributed by atoms with van der Waals surface area (Å²) in [5.41, 5.74) is 0.868. The molecule has 1 aromatic heterocycles. The summed E-state index contributed by atoms with van der Waals surface area (Å²) in [7, 11) is 0. The number of hydrogen-bond acceptors (Lipinski definition) is 3. The van der Waals surface area contributed by atoms with Crippen LogP contribution in [0.2, 0.25) is 10.0 Å². The largest absolute Gasteiger partial charge is 0.250 e. The summed E-state index contributed by atoms with van der Waals surface area (Å²) < 4.78 is 2.23. The Morgan fingerprint density at radius 3 is 2.73 bits per heavy atom. The molecule has 0 amide bonds. The van der Waals surface area contributed by atoms with E-state index in [1.807, 2.05) is 6.07 Å². The van der Waals surface area contributed by atoms with Crippen LogP contribution in [0.25, 0.3) is 0 Å². The molecule has 3 rings (SSSR count). The summed E-state index contributed by atoms with van der Waals surface area (Å²) in [5.74, 6) is 1.34. The van der Waals surface area contributed by atoms with Crippen molar-refractivity contribution in [1.29, 1.82) is 0 Å². The van der Waals surface area contributed by atoms with Gasteiger partial charge in [0.1, 0.15) is 0 Å². The third-order valence-corrected chi connectivity index (χ3v) is 4.91. The molecule has 1 N–H and O–H groups in total. The lowest BCUT2D eigenvalue weighted by atomic mass is 9.89. The maximum absolute atomic E-state index is 6.02. The molecular weight excluding hydrogens is 339 g/mol. The molecule has 0 atom stereocenters. The van der Waals surface area contributed by atoms with Gasteiger partial charge in [-0.15, -0.1) is 0 Å². The molecule has 2 aromatic rings. The van der Waals surface area contributed by atoms with Crippen molar-refractivity contribution in [2.24, 2.45) is 5.10 Å². The molecule has 7 heteroatoms. The van der Waals surface area contributed by atoms with E-state index in [1.54, 1.807) is 23.0 Å². The fourth-order valence-corrected chi connectivity index (χ4v) is 3.25. The Hall–Kier alpha value is -1.17. The third-order valence-electron chi connectivity index (χ3n) is 3.91. The highest BCUT2D eigenvalue weighted by molar-refractivity contribution is 7.71. The molecule has 22 heavy (non-hydrogen) atoms. The van der Waals surface area contributed by atoms with Crippen LogP contribution >= 0.6 is 35.4 Å². The Morgan fingerprint density at radius 2 is 2.00 bits per heavy atom. The van der Waals surface area contributed by atoms with Crippen LogP contribution in [0.15, 0.2) is 23.3 Å². The van der Waals surface area contributed by atoms with Gasteiger partial charge >= 0.3 is 0 Å². The van der Waals surface area contributed by atoms with Crippen molar-refractivity contribution in [2.45, 2.75) is 38.0 Å². The summed E-state index contributed by atoms with van der Waals surface area (Å²) in [5, 5.41) is 12.7. The molecule has 1 aliphatic rings. The first-order chi connectivity index (χ1) is 10.6. The van der Waals surface area contributed by atoms with Crippen LogP contribution in [-0.2, 0) is 0 Å². The average Bonchev–Trinajstić information content (AvgIpc) is 2.90. The summed E-state index contributed by atoms with van der Waals surface area (Å²) in [6, 6.07) is 5.39. The Morgan fingerprint density at radius 1 is 1.23 bits per heavy atom. The highest BCUT2D eigenvalue weighted by Crippen LogP contribution is 2.31. The van der Waals surface area contributed by atoms with Gasteiger partial charge in [0.05, 0.1) is 16.3 Å². The zero-order valence-electron chi connectivity index (χ0n) is 11.9. The molecule has 1 aliphatic carbocycles. The predicted octanol–water partition coefficient (Wildman–Crippen LogP) is 5.18. The minimum Gasteiger partial charge on any atom is -0.250 e. The van der Waals surface area contributed by atoms with Crippen LogP contribution in [0, 0.1) is 4.77 Å². The highest BCUT2D eigenvalue weighted by Gasteiger charge is 2.21. The first-order valence-corrected chi connectivity index (χ1v) is 8.48. The molecule has 1 aromatic carbocycles. The second-order valence-electron chi connectivity index (χ2n) is 5.45. The molecule has 0 aliphatic heterocycles. The van der Waals surface area contributed by atoms with Crippen molar-refractivity contribution in [2.75, 3.05) is 0 Å². The summed E-state index contributed by atoms with van der Waals surface area (Å²) in [4.78, 5) is 0. The number of benzene rings is 1. The second-order valence-corrected chi connectivity index (χ2v) is 6.65. The van der Waals surface area contributed by atoms with Crippen molar-refractivity contribution in [3.05, 3.63) is 44.4 Å². The van der Waals surface area contributed by atoms with Gasteiger partial charge in [0.25, 0.3) is 0 Å². The Balaban J connectivity index is 1.88. The van der Waals surface area contributed by atoms with Gasteiger partial charge in [-0.3, -0.25) is 5.10 Å². The average molecular weight is 355 g/mol. The number of hydrogen-bond donors (Lipinski definition) is 1. The first-order valence-electron chi connectivity index (χ1n) is 7.32. The normalized spacial score (nSPS) is 16.5. The van der Waals surface area contributed by atoms with Gasteiger partial charge < -0.3 is 0 Å². The van der Waals surface area contributed by atoms with Crippen LogP contribution < -0.4 is 0 Å². The summed E-state index contributed by atoms with van der Waals surface area (Å²) in [6.45, 7) is 0. The van der Waals surface area contributed by atoms with E-state index in [2.05, 4.69) is 15.3 Å². The van der Waals surface area contributed by atoms with Crippen LogP contribution in [0.3, 0.4) is 0 Å². The van der Waals surface area contributed by atoms with Gasteiger partial charge in [0.2, 0.25) is 4.77 Å². The highest BCUT2D eigenvalue weighted by atomic mass is 35.5. The lowest BCUT2D eigenvalue weighted by Crippen LogP contribution is -2.10. The molecule has 0 radical (unpaired) electrons. The number of aromatic amines is 1. The van der Waals surface area contributed by atoms with Gasteiger partial charge in [-0.25, -0.2) is 0 Å². The number of rotatable bonds is 3. The molecule has 116 valence electrons. The molecule has 4 nitrogen and oxygen atoms in total. The molecule has 1 saturated carbocycles. The molecule has 0 spiro atoms. The maximum atomic E-state index is 6.02. The van der Waals surface area contributed by atoms with E-state index in [9.17, 15) is 0 Å². The standard InChI is InChI=1S/C15H16Cl2N4S/c16-12-7-6-10(8-13(12)17)9-18-21-14(19-20-15(21)22)11-4-2-1-3-5-11/h6-9,11H,1-5H2,(H,20,22). The number of halogens is 2. The minimum absolute atomic E-state index is 0.424. The lowest BCUT2D eigenvalue weighted by molar-refractivity contribution is 0.419. The SMILES string of the molecule is S=c1[nH]nc(C2CCCCC2)n1N=Cc1ccc(Cl)c(Cl)c1. The van der Waals surface area contributed by atoms with E-state index in [0.717, 1.165) is 24.2 Å². The number of aromatic nitrogens is 3. The zero-order valence-corrected chi connectivity index (χ0v) is 14.3. The Bertz CT molecular complexity index is 744. The lowest BCUT2D eigenvalue weighted by Gasteiger charge is -2.19. The topological polar surface area (TPSA) is 46.0 Å². The fourth-order valence-electron chi connectivity index (χ4n) is 2.76. The maximum Gasteiger partial charge on any atom is 0.216 e. The van der Waals surface area contributed by atoms with Gasteiger partial charge in [-0.1, -0.05) is 48.5 Å². The quantitative estimate of drug-likeness (QED) is 0.609. The molecule has 1 fully saturated rings. The van der Waals surface area contributed by atoms with Crippen molar-refractivity contribution in [3.63, 3.8) is 0 Å². The van der Waals surface area contributed by atoms with E-state index < -0.39 is 0 Å². The smallest absolute Gasteiger partial charge is 0.216 e. The van der Waals surface area contributed by atoms with E-state index in [1.165, 1.54) is 19.3 Å². The van der Waals surface area contributed by atoms with Crippen LogP contribution in [0.4, 0.5) is 0 Å². The fraction of sp³-hybridized carbons (Fsp3) is 0.400. The molecule has 0 bridgehead atoms. The van der Waals surface area contributed by atoms with Gasteiger partial charge in [0, 0.05) is 5.92 Å². The van der Waals surface area contributed by atoms with Crippen LogP contribution in [0.1, 0.15) is 49.4 Å². The molecular formula is C15H16Cl2N4S. The zero-order chi connectivity index (χ0) is 15.5. The Kier molecular flexibility index (Phi) is 4.96. The van der Waals surface area contributed by atoms with Crippen molar-refractivity contribution in [1.82, 2.24) is 14.9 Å². The molecule has 0 unspecified atom stereocenters. The van der Waals surface area contributed by atoms with E-state index in [0.29, 0.717) is 20.7 Å². The monoisotopic (exact) mass is 354 g/mol. The van der Waals surface area contributed by atoms with Crippen molar-refractivity contribution < 1.29 is 0 Å². The first kappa shape index (κ1) is 15.7. The molecule has 1 heterocycles. The van der Waals surface area contributed by atoms with Gasteiger partial charge in [-0.05, 0) is 42.8 Å². The van der Waals surface area contributed by atoms with E-state index in [4.69, 9.17) is 35.4 Å².